The van der Waals surface area contributed by atoms with Crippen molar-refractivity contribution < 1.29 is 0 Å². The van der Waals surface area contributed by atoms with Gasteiger partial charge in [-0.25, -0.2) is 15.0 Å². The molecule has 0 aliphatic heterocycles. The van der Waals surface area contributed by atoms with Gasteiger partial charge in [0.05, 0.1) is 22.1 Å². The number of thiophene rings is 1. The van der Waals surface area contributed by atoms with Gasteiger partial charge in [-0.3, -0.25) is 0 Å². The highest BCUT2D eigenvalue weighted by atomic mass is 32.1. The zero-order valence-corrected chi connectivity index (χ0v) is 31.4. The van der Waals surface area contributed by atoms with Crippen LogP contribution in [0.25, 0.3) is 109 Å². The Balaban J connectivity index is 1.10. The number of benzene rings is 8. The molecule has 8 aromatic carbocycles. The summed E-state index contributed by atoms with van der Waals surface area (Å²) in [5.74, 6) is 1.89. The van der Waals surface area contributed by atoms with Gasteiger partial charge in [0.25, 0.3) is 0 Å². The molecule has 0 N–H and O–H groups in total. The van der Waals surface area contributed by atoms with Gasteiger partial charge in [0.15, 0.2) is 17.5 Å². The first-order valence-electron chi connectivity index (χ1n) is 19.1. The van der Waals surface area contributed by atoms with Gasteiger partial charge in [-0.15, -0.1) is 11.3 Å². The number of hydrogen-bond donors (Lipinski definition) is 0. The van der Waals surface area contributed by atoms with Gasteiger partial charge < -0.3 is 9.13 Å². The summed E-state index contributed by atoms with van der Waals surface area (Å²) in [4.78, 5) is 15.8. The van der Waals surface area contributed by atoms with E-state index >= 15 is 0 Å². The second-order valence-electron chi connectivity index (χ2n) is 14.5. The molecule has 6 heteroatoms. The average molecular weight is 746 g/mol. The highest BCUT2D eigenvalue weighted by Gasteiger charge is 2.19. The van der Waals surface area contributed by atoms with E-state index in [2.05, 4.69) is 197 Å². The molecule has 0 aliphatic rings. The first-order chi connectivity index (χ1) is 28.2. The van der Waals surface area contributed by atoms with Crippen LogP contribution < -0.4 is 0 Å². The first-order valence-corrected chi connectivity index (χ1v) is 19.9. The molecule has 4 aromatic heterocycles. The van der Waals surface area contributed by atoms with Crippen molar-refractivity contribution >= 4 is 75.1 Å². The molecule has 0 radical (unpaired) electrons. The zero-order valence-electron chi connectivity index (χ0n) is 30.5. The smallest absolute Gasteiger partial charge is 0.164 e. The molecule has 4 heterocycles. The summed E-state index contributed by atoms with van der Waals surface area (Å²) >= 11 is 1.80. The van der Waals surface area contributed by atoms with E-state index in [0.717, 1.165) is 50.1 Å². The summed E-state index contributed by atoms with van der Waals surface area (Å²) in [6.07, 6.45) is 0. The molecular weight excluding hydrogens is 715 g/mol. The van der Waals surface area contributed by atoms with Crippen molar-refractivity contribution in [3.8, 4) is 45.5 Å². The molecule has 0 amide bonds. The third-order valence-corrected chi connectivity index (χ3v) is 12.3. The van der Waals surface area contributed by atoms with Crippen molar-refractivity contribution in [1.82, 2.24) is 24.1 Å². The Bertz CT molecular complexity index is 3350. The minimum atomic E-state index is 0.627. The standard InChI is InChI=1S/C51H31N5S/c1-3-13-35(14-4-1)55-43-20-10-7-17-37(43)39-26-23-32(29-45(39)55)49-52-50(54-51(53-49)34-25-28-42-41-19-9-12-22-47(41)57-48(42)31-34)33-24-27-40-38-18-8-11-21-44(38)56(46(40)30-33)36-15-5-2-6-16-36/h1-31H. The van der Waals surface area contributed by atoms with Crippen molar-refractivity contribution in [2.45, 2.75) is 0 Å². The lowest BCUT2D eigenvalue weighted by Crippen LogP contribution is -2.01. The summed E-state index contributed by atoms with van der Waals surface area (Å²) in [6.45, 7) is 0. The fraction of sp³-hybridized carbons (Fsp3) is 0. The van der Waals surface area contributed by atoms with Gasteiger partial charge in [0.1, 0.15) is 0 Å². The second kappa shape index (κ2) is 12.6. The minimum absolute atomic E-state index is 0.627. The Hall–Kier alpha value is -7.41. The molecule has 0 saturated heterocycles. The van der Waals surface area contributed by atoms with E-state index in [-0.39, 0.29) is 0 Å². The van der Waals surface area contributed by atoms with Crippen LogP contribution in [-0.4, -0.2) is 24.1 Å². The van der Waals surface area contributed by atoms with Crippen LogP contribution in [0.4, 0.5) is 0 Å². The fourth-order valence-electron chi connectivity index (χ4n) is 8.56. The van der Waals surface area contributed by atoms with Gasteiger partial charge in [0.2, 0.25) is 0 Å². The molecule has 266 valence electrons. The van der Waals surface area contributed by atoms with Crippen LogP contribution in [0.3, 0.4) is 0 Å². The quantitative estimate of drug-likeness (QED) is 0.176. The van der Waals surface area contributed by atoms with Crippen molar-refractivity contribution in [2.24, 2.45) is 0 Å². The number of rotatable bonds is 5. The third kappa shape index (κ3) is 5.04. The number of aromatic nitrogens is 5. The molecule has 0 fully saturated rings. The third-order valence-electron chi connectivity index (χ3n) is 11.2. The molecule has 0 spiro atoms. The lowest BCUT2D eigenvalue weighted by atomic mass is 10.1. The normalized spacial score (nSPS) is 11.9. The largest absolute Gasteiger partial charge is 0.309 e. The molecule has 5 nitrogen and oxygen atoms in total. The molecule has 0 saturated carbocycles. The highest BCUT2D eigenvalue weighted by Crippen LogP contribution is 2.39. The molecule has 12 rings (SSSR count). The van der Waals surface area contributed by atoms with Gasteiger partial charge in [-0.2, -0.15) is 0 Å². The lowest BCUT2D eigenvalue weighted by molar-refractivity contribution is 1.07. The number of para-hydroxylation sites is 4. The van der Waals surface area contributed by atoms with Gasteiger partial charge in [-0.1, -0.05) is 127 Å². The van der Waals surface area contributed by atoms with Crippen molar-refractivity contribution in [2.75, 3.05) is 0 Å². The summed E-state index contributed by atoms with van der Waals surface area (Å²) in [5.41, 5.74) is 9.54. The lowest BCUT2D eigenvalue weighted by Gasteiger charge is -2.11. The highest BCUT2D eigenvalue weighted by molar-refractivity contribution is 7.25. The molecule has 0 bridgehead atoms. The van der Waals surface area contributed by atoms with Gasteiger partial charge >= 0.3 is 0 Å². The molecule has 0 atom stereocenters. The maximum atomic E-state index is 5.28. The van der Waals surface area contributed by atoms with Crippen LogP contribution in [-0.2, 0) is 0 Å². The monoisotopic (exact) mass is 745 g/mol. The number of nitrogens with zero attached hydrogens (tertiary/aromatic N) is 5. The van der Waals surface area contributed by atoms with Crippen LogP contribution >= 0.6 is 11.3 Å². The van der Waals surface area contributed by atoms with Crippen LogP contribution in [0.2, 0.25) is 0 Å². The maximum Gasteiger partial charge on any atom is 0.164 e. The minimum Gasteiger partial charge on any atom is -0.309 e. The average Bonchev–Trinajstić information content (AvgIpc) is 3.93. The summed E-state index contributed by atoms with van der Waals surface area (Å²) in [7, 11) is 0. The van der Waals surface area contributed by atoms with Crippen LogP contribution in [0.15, 0.2) is 188 Å². The number of hydrogen-bond acceptors (Lipinski definition) is 4. The van der Waals surface area contributed by atoms with E-state index < -0.39 is 0 Å². The van der Waals surface area contributed by atoms with Gasteiger partial charge in [0, 0.05) is 69.8 Å². The summed E-state index contributed by atoms with van der Waals surface area (Å²) in [6, 6.07) is 66.7. The Morgan fingerprint density at radius 2 is 0.684 bits per heavy atom. The molecule has 12 aromatic rings. The zero-order chi connectivity index (χ0) is 37.5. The fourth-order valence-corrected chi connectivity index (χ4v) is 9.70. The van der Waals surface area contributed by atoms with E-state index in [1.807, 2.05) is 0 Å². The topological polar surface area (TPSA) is 48.5 Å². The van der Waals surface area contributed by atoms with E-state index in [9.17, 15) is 0 Å². The molecule has 0 aliphatic carbocycles. The second-order valence-corrected chi connectivity index (χ2v) is 15.5. The Labute approximate surface area is 331 Å². The Kier molecular flexibility index (Phi) is 7.03. The summed E-state index contributed by atoms with van der Waals surface area (Å²) < 4.78 is 7.15. The van der Waals surface area contributed by atoms with E-state index in [1.165, 1.54) is 41.7 Å². The van der Waals surface area contributed by atoms with E-state index in [0.29, 0.717) is 17.5 Å². The maximum absolute atomic E-state index is 5.28. The van der Waals surface area contributed by atoms with Gasteiger partial charge in [-0.05, 0) is 60.7 Å². The molecular formula is C51H31N5S. The number of fused-ring (bicyclic) bond motifs is 9. The Morgan fingerprint density at radius 1 is 0.298 bits per heavy atom. The molecule has 0 unspecified atom stereocenters. The van der Waals surface area contributed by atoms with Crippen molar-refractivity contribution in [1.29, 1.82) is 0 Å². The summed E-state index contributed by atoms with van der Waals surface area (Å²) in [5, 5.41) is 7.29. The molecule has 57 heavy (non-hydrogen) atoms. The van der Waals surface area contributed by atoms with Crippen LogP contribution in [0.1, 0.15) is 0 Å². The van der Waals surface area contributed by atoms with E-state index in [1.54, 1.807) is 11.3 Å². The van der Waals surface area contributed by atoms with Crippen LogP contribution in [0, 0.1) is 0 Å². The first kappa shape index (κ1) is 31.9. The SMILES string of the molecule is c1ccc(-n2c3ccccc3c3ccc(-c4nc(-c5ccc6c(c5)sc5ccccc56)nc(-c5ccc6c7ccccc7n(-c7ccccc7)c6c5)n4)cc32)cc1. The Morgan fingerprint density at radius 3 is 1.21 bits per heavy atom. The predicted octanol–water partition coefficient (Wildman–Crippen LogP) is 13.4. The van der Waals surface area contributed by atoms with Crippen molar-refractivity contribution in [3.05, 3.63) is 188 Å². The van der Waals surface area contributed by atoms with Crippen LogP contribution in [0.5, 0.6) is 0 Å². The van der Waals surface area contributed by atoms with Crippen molar-refractivity contribution in [3.63, 3.8) is 0 Å². The predicted molar refractivity (Wildman–Crippen MR) is 238 cm³/mol. The van der Waals surface area contributed by atoms with E-state index in [4.69, 9.17) is 15.0 Å².